The third-order valence-electron chi connectivity index (χ3n) is 5.74. The third kappa shape index (κ3) is 8.27. The highest BCUT2D eigenvalue weighted by atomic mass is 35.5. The van der Waals surface area contributed by atoms with Crippen molar-refractivity contribution in [2.75, 3.05) is 24.7 Å². The van der Waals surface area contributed by atoms with Crippen LogP contribution in [0.2, 0.25) is 0 Å². The van der Waals surface area contributed by atoms with Gasteiger partial charge in [0.1, 0.15) is 18.2 Å². The zero-order valence-corrected chi connectivity index (χ0v) is 27.1. The number of ether oxygens (including phenoxy) is 2. The predicted molar refractivity (Wildman–Crippen MR) is 159 cm³/mol. The summed E-state index contributed by atoms with van der Waals surface area (Å²) in [5.41, 5.74) is 4.13. The van der Waals surface area contributed by atoms with Crippen molar-refractivity contribution in [3.05, 3.63) is 16.7 Å². The molecule has 3 heterocycles. The summed E-state index contributed by atoms with van der Waals surface area (Å²) in [7, 11) is 0. The lowest BCUT2D eigenvalue weighted by molar-refractivity contribution is -0.149. The van der Waals surface area contributed by atoms with Gasteiger partial charge in [-0.1, -0.05) is 44.1 Å². The van der Waals surface area contributed by atoms with E-state index in [-0.39, 0.29) is 40.7 Å². The van der Waals surface area contributed by atoms with E-state index in [1.165, 1.54) is 6.92 Å². The fourth-order valence-corrected chi connectivity index (χ4v) is 7.20. The number of nitrogens with one attached hydrogen (secondary N) is 2. The van der Waals surface area contributed by atoms with Gasteiger partial charge in [0, 0.05) is 11.2 Å². The standard InChI is InChI=1S/C23H35ClFN6O8PS2/c1-11(2)38-18(34)12(3)30-40(41,36-7-8-42-20(35)22(4,5)6)37-9-13-15(32)23(24,25)19(39-13)31-10-27-14-16(31)28-21(26)29-17(14)33/h10-13,15,19,32H,7-9H2,1-6H3,(H,30,41)(H3,26,28,29,33)/t12-,13+,15+,19+,23+,40+/m0/s1. The molecule has 0 unspecified atom stereocenters. The lowest BCUT2D eigenvalue weighted by Crippen LogP contribution is -2.39. The average molecular weight is 673 g/mol. The minimum absolute atomic E-state index is 0.0232. The molecule has 42 heavy (non-hydrogen) atoms. The number of aromatic nitrogens is 4. The van der Waals surface area contributed by atoms with Crippen LogP contribution in [0.4, 0.5) is 10.3 Å². The largest absolute Gasteiger partial charge is 0.462 e. The molecule has 2 aromatic heterocycles. The SMILES string of the molecule is CC(C)OC(=O)[C@H](C)N[P@@](=S)(OCCSC(=O)C(C)(C)C)OC[C@H]1O[C@@H](n2cnc3c(=O)[nH]c(N)nc32)[C@@](F)(Cl)[C@@H]1O. The van der Waals surface area contributed by atoms with Crippen LogP contribution in [-0.4, -0.2) is 84.2 Å². The molecule has 0 spiro atoms. The molecule has 236 valence electrons. The summed E-state index contributed by atoms with van der Waals surface area (Å²) in [4.78, 5) is 47.0. The van der Waals surface area contributed by atoms with Crippen molar-refractivity contribution in [1.82, 2.24) is 24.6 Å². The van der Waals surface area contributed by atoms with E-state index in [4.69, 9.17) is 47.7 Å². The lowest BCUT2D eigenvalue weighted by atomic mass is 10.00. The summed E-state index contributed by atoms with van der Waals surface area (Å²) in [5, 5.41) is 10.6. The number of anilines is 1. The fourth-order valence-electron chi connectivity index (χ4n) is 3.64. The first-order chi connectivity index (χ1) is 19.4. The molecule has 0 aliphatic carbocycles. The van der Waals surface area contributed by atoms with Crippen molar-refractivity contribution in [2.45, 2.75) is 77.3 Å². The lowest BCUT2D eigenvalue weighted by Gasteiger charge is -2.28. The number of carbonyl (C=O) groups excluding carboxylic acids is 2. The number of H-pyrrole nitrogens is 1. The van der Waals surface area contributed by atoms with E-state index < -0.39 is 59.8 Å². The van der Waals surface area contributed by atoms with Gasteiger partial charge in [0.2, 0.25) is 5.95 Å². The maximum absolute atomic E-state index is 15.7. The van der Waals surface area contributed by atoms with Gasteiger partial charge in [0.05, 0.1) is 25.6 Å². The minimum Gasteiger partial charge on any atom is -0.462 e. The molecule has 5 N–H and O–H groups in total. The number of nitrogen functional groups attached to an aromatic ring is 1. The molecule has 1 fully saturated rings. The number of aromatic amines is 1. The van der Waals surface area contributed by atoms with Crippen LogP contribution in [0.3, 0.4) is 0 Å². The Balaban J connectivity index is 1.77. The summed E-state index contributed by atoms with van der Waals surface area (Å²) in [5.74, 6) is -0.617. The number of carbonyl (C=O) groups is 2. The zero-order chi connectivity index (χ0) is 31.6. The number of nitrogens with two attached hydrogens (primary N) is 1. The van der Waals surface area contributed by atoms with Crippen LogP contribution >= 0.6 is 30.0 Å². The number of halogens is 2. The highest BCUT2D eigenvalue weighted by molar-refractivity contribution is 8.13. The molecule has 0 bridgehead atoms. The molecule has 1 aliphatic heterocycles. The number of hydrogen-bond acceptors (Lipinski definition) is 13. The highest BCUT2D eigenvalue weighted by Crippen LogP contribution is 2.49. The Morgan fingerprint density at radius 1 is 1.40 bits per heavy atom. The van der Waals surface area contributed by atoms with Crippen LogP contribution in [0, 0.1) is 5.41 Å². The molecule has 0 radical (unpaired) electrons. The number of imidazole rings is 1. The van der Waals surface area contributed by atoms with Gasteiger partial charge in [0.25, 0.3) is 17.3 Å². The molecule has 0 saturated carbocycles. The molecule has 1 aliphatic rings. The van der Waals surface area contributed by atoms with E-state index in [0.29, 0.717) is 0 Å². The van der Waals surface area contributed by atoms with Crippen molar-refractivity contribution < 1.29 is 37.6 Å². The second-order valence-corrected chi connectivity index (χ2v) is 15.6. The number of esters is 1. The van der Waals surface area contributed by atoms with Crippen LogP contribution in [0.5, 0.6) is 0 Å². The van der Waals surface area contributed by atoms with Gasteiger partial charge in [-0.15, -0.1) is 0 Å². The quantitative estimate of drug-likeness (QED) is 0.111. The van der Waals surface area contributed by atoms with E-state index in [9.17, 15) is 19.5 Å². The summed E-state index contributed by atoms with van der Waals surface area (Å²) in [6.45, 7) is 6.19. The molecule has 3 rings (SSSR count). The number of thioether (sulfide) groups is 1. The minimum atomic E-state index is -3.52. The monoisotopic (exact) mass is 672 g/mol. The highest BCUT2D eigenvalue weighted by Gasteiger charge is 2.58. The van der Waals surface area contributed by atoms with E-state index in [0.717, 1.165) is 22.7 Å². The third-order valence-corrected chi connectivity index (χ3v) is 10.1. The number of fused-ring (bicyclic) bond motifs is 1. The van der Waals surface area contributed by atoms with Gasteiger partial charge in [-0.3, -0.25) is 23.9 Å². The topological polar surface area (TPSA) is 193 Å². The van der Waals surface area contributed by atoms with Crippen molar-refractivity contribution in [3.8, 4) is 0 Å². The molecule has 0 amide bonds. The van der Waals surface area contributed by atoms with Crippen LogP contribution in [-0.2, 0) is 39.9 Å². The van der Waals surface area contributed by atoms with E-state index >= 15 is 4.39 Å². The van der Waals surface area contributed by atoms with Gasteiger partial charge in [-0.2, -0.15) is 4.98 Å². The first-order valence-corrected chi connectivity index (χ1v) is 16.8. The fraction of sp³-hybridized carbons (Fsp3) is 0.696. The molecule has 0 aromatic carbocycles. The van der Waals surface area contributed by atoms with Gasteiger partial charge in [-0.05, 0) is 32.6 Å². The molecular formula is C23H35ClFN6O8PS2. The Hall–Kier alpha value is -1.69. The second-order valence-electron chi connectivity index (χ2n) is 10.8. The Morgan fingerprint density at radius 3 is 2.69 bits per heavy atom. The smallest absolute Gasteiger partial charge is 0.323 e. The summed E-state index contributed by atoms with van der Waals surface area (Å²) >= 11 is 12.8. The van der Waals surface area contributed by atoms with Crippen LogP contribution in [0.1, 0.15) is 47.8 Å². The number of aliphatic hydroxyl groups is 1. The summed E-state index contributed by atoms with van der Waals surface area (Å²) in [6.07, 6.45) is -4.31. The Labute approximate surface area is 255 Å². The van der Waals surface area contributed by atoms with Gasteiger partial charge < -0.3 is 29.4 Å². The van der Waals surface area contributed by atoms with Gasteiger partial charge in [0.15, 0.2) is 22.5 Å². The van der Waals surface area contributed by atoms with Crippen molar-refractivity contribution >= 4 is 70.0 Å². The molecule has 19 heteroatoms. The number of hydrogen-bond donors (Lipinski definition) is 4. The maximum atomic E-state index is 15.7. The summed E-state index contributed by atoms with van der Waals surface area (Å²) in [6, 6.07) is -0.954. The van der Waals surface area contributed by atoms with E-state index in [1.54, 1.807) is 34.6 Å². The summed E-state index contributed by atoms with van der Waals surface area (Å²) < 4.78 is 39.3. The number of alkyl halides is 2. The first-order valence-electron chi connectivity index (χ1n) is 12.8. The van der Waals surface area contributed by atoms with Gasteiger partial charge in [-0.25, -0.2) is 14.5 Å². The molecule has 6 atom stereocenters. The molecule has 2 aromatic rings. The van der Waals surface area contributed by atoms with E-state index in [1.807, 2.05) is 0 Å². The predicted octanol–water partition coefficient (Wildman–Crippen LogP) is 2.36. The van der Waals surface area contributed by atoms with Crippen molar-refractivity contribution in [3.63, 3.8) is 0 Å². The van der Waals surface area contributed by atoms with Crippen molar-refractivity contribution in [2.24, 2.45) is 5.41 Å². The molecule has 1 saturated heterocycles. The Bertz CT molecular complexity index is 1400. The number of aliphatic hydroxyl groups excluding tert-OH is 1. The maximum Gasteiger partial charge on any atom is 0.323 e. The first kappa shape index (κ1) is 34.8. The van der Waals surface area contributed by atoms with Crippen LogP contribution < -0.4 is 16.4 Å². The van der Waals surface area contributed by atoms with Gasteiger partial charge >= 0.3 is 5.97 Å². The van der Waals surface area contributed by atoms with Crippen LogP contribution in [0.15, 0.2) is 11.1 Å². The normalized spacial score (nSPS) is 25.0. The number of nitrogens with zero attached hydrogens (tertiary/aromatic N) is 3. The zero-order valence-electron chi connectivity index (χ0n) is 23.8. The number of rotatable bonds is 12. The molecule has 14 nitrogen and oxygen atoms in total. The molecular weight excluding hydrogens is 638 g/mol. The Morgan fingerprint density at radius 2 is 2.07 bits per heavy atom. The Kier molecular flexibility index (Phi) is 11.2. The van der Waals surface area contributed by atoms with E-state index in [2.05, 4.69) is 20.0 Å². The van der Waals surface area contributed by atoms with Crippen LogP contribution in [0.25, 0.3) is 11.2 Å². The van der Waals surface area contributed by atoms with Crippen molar-refractivity contribution in [1.29, 1.82) is 0 Å². The second kappa shape index (κ2) is 13.5. The average Bonchev–Trinajstić information content (AvgIpc) is 3.37.